The van der Waals surface area contributed by atoms with Crippen molar-refractivity contribution in [2.75, 3.05) is 11.1 Å². The van der Waals surface area contributed by atoms with Gasteiger partial charge in [-0.1, -0.05) is 0 Å². The van der Waals surface area contributed by atoms with E-state index in [1.54, 1.807) is 12.1 Å². The summed E-state index contributed by atoms with van der Waals surface area (Å²) in [6.45, 7) is 1.52. The Bertz CT molecular complexity index is 600. The number of halogens is 3. The molecule has 94 valence electrons. The fourth-order valence-electron chi connectivity index (χ4n) is 1.53. The van der Waals surface area contributed by atoms with Gasteiger partial charge in [0.2, 0.25) is 0 Å². The largest absolute Gasteiger partial charge is 0.397 e. The van der Waals surface area contributed by atoms with E-state index in [0.717, 1.165) is 15.7 Å². The minimum absolute atomic E-state index is 0.0750. The lowest BCUT2D eigenvalue weighted by atomic mass is 10.2. The van der Waals surface area contributed by atoms with Gasteiger partial charge < -0.3 is 11.1 Å². The van der Waals surface area contributed by atoms with Gasteiger partial charge in [0, 0.05) is 9.64 Å². The lowest BCUT2D eigenvalue weighted by Crippen LogP contribution is -2.00. The molecule has 0 unspecified atom stereocenters. The van der Waals surface area contributed by atoms with Crippen LogP contribution in [0.2, 0.25) is 0 Å². The molecular formula is C13H11F2IN2. The summed E-state index contributed by atoms with van der Waals surface area (Å²) in [5.74, 6) is -0.963. The smallest absolute Gasteiger partial charge is 0.147 e. The van der Waals surface area contributed by atoms with Crippen LogP contribution in [0.25, 0.3) is 0 Å². The molecule has 2 nitrogen and oxygen atoms in total. The van der Waals surface area contributed by atoms with Gasteiger partial charge in [-0.25, -0.2) is 8.78 Å². The molecule has 0 atom stereocenters. The van der Waals surface area contributed by atoms with Crippen molar-refractivity contribution in [3.63, 3.8) is 0 Å². The average Bonchev–Trinajstić information content (AvgIpc) is 2.29. The lowest BCUT2D eigenvalue weighted by Gasteiger charge is -2.11. The third kappa shape index (κ3) is 2.72. The van der Waals surface area contributed by atoms with Gasteiger partial charge in [-0.2, -0.15) is 0 Å². The average molecular weight is 360 g/mol. The number of rotatable bonds is 2. The summed E-state index contributed by atoms with van der Waals surface area (Å²) in [5.41, 5.74) is 7.19. The Morgan fingerprint density at radius 3 is 2.44 bits per heavy atom. The van der Waals surface area contributed by atoms with Crippen LogP contribution in [-0.4, -0.2) is 0 Å². The van der Waals surface area contributed by atoms with Crippen molar-refractivity contribution in [2.24, 2.45) is 0 Å². The maximum Gasteiger partial charge on any atom is 0.147 e. The molecule has 0 spiro atoms. The van der Waals surface area contributed by atoms with Gasteiger partial charge in [0.15, 0.2) is 0 Å². The zero-order chi connectivity index (χ0) is 13.3. The Balaban J connectivity index is 2.37. The molecule has 0 aliphatic heterocycles. The predicted molar refractivity (Wildman–Crippen MR) is 77.9 cm³/mol. The molecule has 0 aromatic heterocycles. The van der Waals surface area contributed by atoms with E-state index in [2.05, 4.69) is 27.9 Å². The molecule has 18 heavy (non-hydrogen) atoms. The summed E-state index contributed by atoms with van der Waals surface area (Å²) in [6.07, 6.45) is 0. The number of benzene rings is 2. The fraction of sp³-hybridized carbons (Fsp3) is 0.0769. The first-order chi connectivity index (χ1) is 8.47. The van der Waals surface area contributed by atoms with Crippen molar-refractivity contribution in [1.29, 1.82) is 0 Å². The highest BCUT2D eigenvalue weighted by Crippen LogP contribution is 2.27. The van der Waals surface area contributed by atoms with Gasteiger partial charge in [0.25, 0.3) is 0 Å². The standard InChI is InChI=1S/C13H11F2IN2/c1-7-4-10(15)13(6-9(7)14)18-12-3-2-8(16)5-11(12)17/h2-6,18H,17H2,1H3. The molecule has 2 aromatic rings. The molecule has 2 rings (SSSR count). The first kappa shape index (κ1) is 13.1. The third-order valence-corrected chi connectivity index (χ3v) is 3.20. The van der Waals surface area contributed by atoms with Gasteiger partial charge in [0.05, 0.1) is 17.1 Å². The van der Waals surface area contributed by atoms with Crippen LogP contribution in [-0.2, 0) is 0 Å². The highest BCUT2D eigenvalue weighted by atomic mass is 127. The Morgan fingerprint density at radius 1 is 1.06 bits per heavy atom. The number of hydrogen-bond donors (Lipinski definition) is 2. The maximum atomic E-state index is 13.7. The Labute approximate surface area is 117 Å². The fourth-order valence-corrected chi connectivity index (χ4v) is 2.05. The molecular weight excluding hydrogens is 349 g/mol. The Kier molecular flexibility index (Phi) is 3.70. The van der Waals surface area contributed by atoms with Crippen molar-refractivity contribution in [3.8, 4) is 0 Å². The van der Waals surface area contributed by atoms with E-state index in [9.17, 15) is 8.78 Å². The highest BCUT2D eigenvalue weighted by molar-refractivity contribution is 14.1. The van der Waals surface area contributed by atoms with Crippen molar-refractivity contribution in [3.05, 3.63) is 51.1 Å². The van der Waals surface area contributed by atoms with Crippen LogP contribution in [0.4, 0.5) is 25.8 Å². The van der Waals surface area contributed by atoms with Crippen molar-refractivity contribution in [1.82, 2.24) is 0 Å². The quantitative estimate of drug-likeness (QED) is 0.622. The summed E-state index contributed by atoms with van der Waals surface area (Å²) in [4.78, 5) is 0. The number of nitrogen functional groups attached to an aromatic ring is 1. The van der Waals surface area contributed by atoms with Crippen molar-refractivity contribution in [2.45, 2.75) is 6.92 Å². The van der Waals surface area contributed by atoms with E-state index in [4.69, 9.17) is 5.73 Å². The van der Waals surface area contributed by atoms with Crippen molar-refractivity contribution >= 4 is 39.7 Å². The molecule has 0 radical (unpaired) electrons. The molecule has 3 N–H and O–H groups in total. The van der Waals surface area contributed by atoms with Crippen LogP contribution in [0, 0.1) is 22.1 Å². The zero-order valence-corrected chi connectivity index (χ0v) is 11.8. The van der Waals surface area contributed by atoms with E-state index >= 15 is 0 Å². The predicted octanol–water partition coefficient (Wildman–Crippen LogP) is 4.20. The topological polar surface area (TPSA) is 38.0 Å². The van der Waals surface area contributed by atoms with Gasteiger partial charge in [-0.15, -0.1) is 0 Å². The van der Waals surface area contributed by atoms with Crippen LogP contribution in [0.1, 0.15) is 5.56 Å². The second-order valence-electron chi connectivity index (χ2n) is 3.94. The SMILES string of the molecule is Cc1cc(F)c(Nc2ccc(I)cc2N)cc1F. The maximum absolute atomic E-state index is 13.7. The first-order valence-electron chi connectivity index (χ1n) is 5.25. The number of nitrogens with two attached hydrogens (primary N) is 1. The summed E-state index contributed by atoms with van der Waals surface area (Å²) in [5, 5.41) is 2.79. The number of nitrogens with one attached hydrogen (secondary N) is 1. The first-order valence-corrected chi connectivity index (χ1v) is 6.33. The van der Waals surface area contributed by atoms with Gasteiger partial charge in [-0.3, -0.25) is 0 Å². The molecule has 0 aliphatic rings. The van der Waals surface area contributed by atoms with Gasteiger partial charge >= 0.3 is 0 Å². The van der Waals surface area contributed by atoms with Gasteiger partial charge in [-0.05, 0) is 59.3 Å². The normalized spacial score (nSPS) is 10.4. The number of anilines is 3. The van der Waals surface area contributed by atoms with E-state index in [0.29, 0.717) is 11.4 Å². The van der Waals surface area contributed by atoms with Crippen molar-refractivity contribution < 1.29 is 8.78 Å². The van der Waals surface area contributed by atoms with E-state index in [-0.39, 0.29) is 11.3 Å². The molecule has 2 aromatic carbocycles. The molecule has 0 bridgehead atoms. The van der Waals surface area contributed by atoms with E-state index < -0.39 is 11.6 Å². The van der Waals surface area contributed by atoms with Gasteiger partial charge in [0.1, 0.15) is 11.6 Å². The second kappa shape index (κ2) is 5.09. The molecule has 0 amide bonds. The Morgan fingerprint density at radius 2 is 1.78 bits per heavy atom. The van der Waals surface area contributed by atoms with Crippen LogP contribution in [0.15, 0.2) is 30.3 Å². The van der Waals surface area contributed by atoms with Crippen LogP contribution < -0.4 is 11.1 Å². The van der Waals surface area contributed by atoms with Crippen LogP contribution in [0.3, 0.4) is 0 Å². The Hall–Kier alpha value is -1.37. The van der Waals surface area contributed by atoms with E-state index in [1.807, 2.05) is 6.07 Å². The van der Waals surface area contributed by atoms with Crippen LogP contribution >= 0.6 is 22.6 Å². The second-order valence-corrected chi connectivity index (χ2v) is 5.18. The third-order valence-electron chi connectivity index (χ3n) is 2.53. The lowest BCUT2D eigenvalue weighted by molar-refractivity contribution is 0.595. The minimum atomic E-state index is -0.508. The monoisotopic (exact) mass is 360 g/mol. The summed E-state index contributed by atoms with van der Waals surface area (Å²) < 4.78 is 28.0. The number of hydrogen-bond acceptors (Lipinski definition) is 2. The summed E-state index contributed by atoms with van der Waals surface area (Å²) in [7, 11) is 0. The summed E-state index contributed by atoms with van der Waals surface area (Å²) >= 11 is 2.13. The highest BCUT2D eigenvalue weighted by Gasteiger charge is 2.09. The number of aryl methyl sites for hydroxylation is 1. The zero-order valence-electron chi connectivity index (χ0n) is 9.60. The molecule has 5 heteroatoms. The summed E-state index contributed by atoms with van der Waals surface area (Å²) in [6, 6.07) is 7.60. The molecule has 0 fully saturated rings. The molecule has 0 saturated heterocycles. The van der Waals surface area contributed by atoms with Crippen LogP contribution in [0.5, 0.6) is 0 Å². The molecule has 0 aliphatic carbocycles. The minimum Gasteiger partial charge on any atom is -0.397 e. The molecule has 0 saturated carbocycles. The van der Waals surface area contributed by atoms with E-state index in [1.165, 1.54) is 6.92 Å². The molecule has 0 heterocycles.